The lowest BCUT2D eigenvalue weighted by Crippen LogP contribution is -2.45. The van der Waals surface area contributed by atoms with E-state index in [1.165, 1.54) is 0 Å². The molecule has 0 radical (unpaired) electrons. The molecule has 0 saturated carbocycles. The number of fused-ring (bicyclic) bond motifs is 2. The fourth-order valence-corrected chi connectivity index (χ4v) is 5.79. The minimum Gasteiger partial charge on any atom is -0.383 e. The Hall–Kier alpha value is -3.21. The van der Waals surface area contributed by atoms with Crippen LogP contribution >= 0.6 is 0 Å². The molecule has 0 aliphatic carbocycles. The van der Waals surface area contributed by atoms with Crippen LogP contribution < -0.4 is 10.2 Å². The first-order valence-electron chi connectivity index (χ1n) is 13.0. The molecule has 6 rings (SSSR count). The highest BCUT2D eigenvalue weighted by molar-refractivity contribution is 5.81. The molecule has 4 aromatic rings. The number of nitrogens with one attached hydrogen (secondary N) is 1. The molecule has 0 spiro atoms. The summed E-state index contributed by atoms with van der Waals surface area (Å²) in [5.41, 5.74) is 3.00. The summed E-state index contributed by atoms with van der Waals surface area (Å²) in [6.07, 6.45) is 0.976. The normalized spacial score (nSPS) is 24.2. The molecular formula is C27H35N7O3. The molecule has 2 N–H and O–H groups in total. The average Bonchev–Trinajstić information content (AvgIpc) is 3.44. The lowest BCUT2D eigenvalue weighted by Gasteiger charge is -2.41. The molecule has 2 aliphatic heterocycles. The van der Waals surface area contributed by atoms with E-state index in [-0.39, 0.29) is 6.04 Å². The van der Waals surface area contributed by atoms with Gasteiger partial charge in [0, 0.05) is 26.4 Å². The minimum absolute atomic E-state index is 0.148. The van der Waals surface area contributed by atoms with Gasteiger partial charge < -0.3 is 24.8 Å². The maximum Gasteiger partial charge on any atom is 0.257 e. The van der Waals surface area contributed by atoms with Gasteiger partial charge in [0.1, 0.15) is 11.1 Å². The second kappa shape index (κ2) is 8.68. The zero-order valence-electron chi connectivity index (χ0n) is 22.2. The van der Waals surface area contributed by atoms with Crippen molar-refractivity contribution in [3.63, 3.8) is 0 Å². The summed E-state index contributed by atoms with van der Waals surface area (Å²) in [5.74, 6) is 1.96. The van der Waals surface area contributed by atoms with Crippen molar-refractivity contribution in [3.8, 4) is 5.95 Å². The van der Waals surface area contributed by atoms with Crippen molar-refractivity contribution in [2.45, 2.75) is 57.8 Å². The van der Waals surface area contributed by atoms with Gasteiger partial charge in [-0.1, -0.05) is 6.07 Å². The third-order valence-corrected chi connectivity index (χ3v) is 7.56. The van der Waals surface area contributed by atoms with Crippen LogP contribution in [0.4, 0.5) is 11.8 Å². The molecule has 196 valence electrons. The number of ether oxygens (including phenoxy) is 2. The zero-order valence-corrected chi connectivity index (χ0v) is 22.2. The van der Waals surface area contributed by atoms with E-state index in [0.717, 1.165) is 40.2 Å². The van der Waals surface area contributed by atoms with Crippen molar-refractivity contribution < 1.29 is 14.6 Å². The molecule has 10 nitrogen and oxygen atoms in total. The van der Waals surface area contributed by atoms with Crippen molar-refractivity contribution in [2.24, 2.45) is 0 Å². The number of nitrogens with zero attached hydrogens (tertiary/aromatic N) is 6. The molecule has 37 heavy (non-hydrogen) atoms. The summed E-state index contributed by atoms with van der Waals surface area (Å²) in [6, 6.07) is 10.3. The van der Waals surface area contributed by atoms with Crippen LogP contribution in [0.1, 0.15) is 44.9 Å². The number of hydrogen-bond acceptors (Lipinski definition) is 8. The van der Waals surface area contributed by atoms with Crippen LogP contribution in [-0.2, 0) is 15.1 Å². The lowest BCUT2D eigenvalue weighted by molar-refractivity contribution is -0.150. The fourth-order valence-electron chi connectivity index (χ4n) is 5.79. The van der Waals surface area contributed by atoms with Gasteiger partial charge in [0.2, 0.25) is 5.95 Å². The Kier molecular flexibility index (Phi) is 5.66. The van der Waals surface area contributed by atoms with E-state index in [2.05, 4.69) is 36.2 Å². The van der Waals surface area contributed by atoms with E-state index < -0.39 is 11.2 Å². The largest absolute Gasteiger partial charge is 0.383 e. The number of benzene rings is 1. The molecule has 5 heterocycles. The Morgan fingerprint density at radius 3 is 2.68 bits per heavy atom. The smallest absolute Gasteiger partial charge is 0.257 e. The van der Waals surface area contributed by atoms with Crippen LogP contribution in [-0.4, -0.2) is 74.3 Å². The van der Waals surface area contributed by atoms with Crippen molar-refractivity contribution in [3.05, 3.63) is 41.6 Å². The number of anilines is 2. The van der Waals surface area contributed by atoms with Crippen molar-refractivity contribution >= 4 is 28.3 Å². The number of imidazole rings is 1. The molecule has 10 heteroatoms. The summed E-state index contributed by atoms with van der Waals surface area (Å²) < 4.78 is 15.5. The van der Waals surface area contributed by atoms with Crippen LogP contribution in [0.15, 0.2) is 30.3 Å². The molecule has 1 aromatic carbocycles. The molecule has 2 aliphatic rings. The zero-order chi connectivity index (χ0) is 25.9. The fraction of sp³-hybridized carbons (Fsp3) is 0.519. The molecule has 2 unspecified atom stereocenters. The highest BCUT2D eigenvalue weighted by atomic mass is 16.5. The Balaban J connectivity index is 1.61. The summed E-state index contributed by atoms with van der Waals surface area (Å²) in [5, 5.41) is 20.2. The predicted molar refractivity (Wildman–Crippen MR) is 143 cm³/mol. The van der Waals surface area contributed by atoms with Crippen LogP contribution in [0.2, 0.25) is 0 Å². The summed E-state index contributed by atoms with van der Waals surface area (Å²) in [4.78, 5) is 12.2. The highest BCUT2D eigenvalue weighted by Crippen LogP contribution is 2.41. The van der Waals surface area contributed by atoms with Gasteiger partial charge in [-0.2, -0.15) is 4.98 Å². The number of hydrogen-bond donors (Lipinski definition) is 2. The summed E-state index contributed by atoms with van der Waals surface area (Å²) >= 11 is 0. The standard InChI is InChI=1S/C27H35N7O3/c1-17-6-7-20-19(14-17)29-24(28-5)33(20)25-30-23(32-11-13-36-15-18(32)2)21-8-9-22(34(21)31-25)27(35)10-12-37-26(3,4)16-27/h6-9,14,18,35H,10-13,15-16H2,1-5H3,(H,28,29). The van der Waals surface area contributed by atoms with Gasteiger partial charge in [-0.3, -0.25) is 0 Å². The number of aliphatic hydroxyl groups is 1. The first-order valence-corrected chi connectivity index (χ1v) is 13.0. The summed E-state index contributed by atoms with van der Waals surface area (Å²) in [7, 11) is 1.85. The average molecular weight is 506 g/mol. The van der Waals surface area contributed by atoms with Gasteiger partial charge in [-0.25, -0.2) is 14.1 Å². The van der Waals surface area contributed by atoms with Gasteiger partial charge in [-0.15, -0.1) is 5.10 Å². The lowest BCUT2D eigenvalue weighted by atomic mass is 9.82. The third-order valence-electron chi connectivity index (χ3n) is 7.56. The molecule has 0 amide bonds. The van der Waals surface area contributed by atoms with Gasteiger partial charge in [0.15, 0.2) is 5.82 Å². The Bertz CT molecular complexity index is 1480. The molecule has 2 fully saturated rings. The van der Waals surface area contributed by atoms with E-state index >= 15 is 0 Å². The molecule has 3 aromatic heterocycles. The quantitative estimate of drug-likeness (QED) is 0.435. The van der Waals surface area contributed by atoms with E-state index in [1.54, 1.807) is 0 Å². The van der Waals surface area contributed by atoms with Crippen molar-refractivity contribution in [2.75, 3.05) is 43.6 Å². The second-order valence-corrected chi connectivity index (χ2v) is 10.9. The highest BCUT2D eigenvalue weighted by Gasteiger charge is 2.43. The van der Waals surface area contributed by atoms with Gasteiger partial charge in [0.05, 0.1) is 48.2 Å². The van der Waals surface area contributed by atoms with E-state index in [0.29, 0.717) is 44.6 Å². The van der Waals surface area contributed by atoms with Crippen LogP contribution in [0, 0.1) is 6.92 Å². The van der Waals surface area contributed by atoms with Crippen LogP contribution in [0.5, 0.6) is 0 Å². The molecule has 2 saturated heterocycles. The summed E-state index contributed by atoms with van der Waals surface area (Å²) in [6.45, 7) is 10.7. The monoisotopic (exact) mass is 505 g/mol. The van der Waals surface area contributed by atoms with Crippen LogP contribution in [0.25, 0.3) is 22.5 Å². The van der Waals surface area contributed by atoms with Gasteiger partial charge in [-0.05, 0) is 57.5 Å². The maximum absolute atomic E-state index is 11.9. The third kappa shape index (κ3) is 4.03. The van der Waals surface area contributed by atoms with E-state index in [9.17, 15) is 5.11 Å². The first kappa shape index (κ1) is 24.1. The van der Waals surface area contributed by atoms with Gasteiger partial charge >= 0.3 is 0 Å². The molecule has 2 atom stereocenters. The Labute approximate surface area is 216 Å². The predicted octanol–water partition coefficient (Wildman–Crippen LogP) is 3.42. The van der Waals surface area contributed by atoms with E-state index in [4.69, 9.17) is 24.5 Å². The minimum atomic E-state index is -1.08. The van der Waals surface area contributed by atoms with Crippen LogP contribution in [0.3, 0.4) is 0 Å². The topological polar surface area (TPSA) is 102 Å². The number of morpholine rings is 1. The van der Waals surface area contributed by atoms with Crippen molar-refractivity contribution in [1.82, 2.24) is 24.1 Å². The maximum atomic E-state index is 11.9. The molecular weight excluding hydrogens is 470 g/mol. The second-order valence-electron chi connectivity index (χ2n) is 10.9. The Morgan fingerprint density at radius 1 is 1.11 bits per heavy atom. The first-order chi connectivity index (χ1) is 17.7. The van der Waals surface area contributed by atoms with Crippen molar-refractivity contribution in [1.29, 1.82) is 0 Å². The number of rotatable bonds is 4. The van der Waals surface area contributed by atoms with Gasteiger partial charge in [0.25, 0.3) is 5.95 Å². The SMILES string of the molecule is CNc1nc2cc(C)ccc2n1-c1nc(N2CCOCC2C)c2ccc(C3(O)CCOC(C)(C)C3)n2n1. The Morgan fingerprint density at radius 2 is 1.92 bits per heavy atom. The number of aromatic nitrogens is 5. The molecule has 0 bridgehead atoms. The van der Waals surface area contributed by atoms with E-state index in [1.807, 2.05) is 48.2 Å². The number of aryl methyl sites for hydroxylation is 1.